The number of fused-ring (bicyclic) bond motifs is 1. The summed E-state index contributed by atoms with van der Waals surface area (Å²) in [5.74, 6) is 0.785. The van der Waals surface area contributed by atoms with Crippen LogP contribution in [-0.2, 0) is 17.2 Å². The van der Waals surface area contributed by atoms with E-state index in [1.807, 2.05) is 27.0 Å². The first-order valence-electron chi connectivity index (χ1n) is 4.95. The topological polar surface area (TPSA) is 32.6 Å². The van der Waals surface area contributed by atoms with Crippen LogP contribution >= 0.6 is 11.6 Å². The Morgan fingerprint density at radius 1 is 1.50 bits per heavy atom. The van der Waals surface area contributed by atoms with Crippen LogP contribution in [0.5, 0.6) is 5.75 Å². The number of hydrogen-bond acceptors (Lipinski definition) is 2. The van der Waals surface area contributed by atoms with Gasteiger partial charge in [-0.15, -0.1) is 11.6 Å². The Bertz CT molecular complexity index is 394. The maximum absolute atomic E-state index is 5.86. The van der Waals surface area contributed by atoms with Gasteiger partial charge in [-0.05, 0) is 0 Å². The van der Waals surface area contributed by atoms with Crippen LogP contribution in [0.1, 0.15) is 30.7 Å². The molecule has 5 heteroatoms. The van der Waals surface area contributed by atoms with E-state index in [2.05, 4.69) is 4.98 Å². The third kappa shape index (κ3) is 2.42. The van der Waals surface area contributed by atoms with Gasteiger partial charge < -0.3 is 21.9 Å². The average molecular weight is 264 g/mol. The normalized spacial score (nSPS) is 17.0. The predicted octanol–water partition coefficient (Wildman–Crippen LogP) is -0.803. The smallest absolute Gasteiger partial charge is 0.219 e. The van der Waals surface area contributed by atoms with Gasteiger partial charge in [0, 0.05) is 31.9 Å². The van der Waals surface area contributed by atoms with E-state index in [0.29, 0.717) is 12.5 Å². The number of aromatic nitrogens is 1. The Hall–Kier alpha value is -0.510. The zero-order chi connectivity index (χ0) is 11.1. The van der Waals surface area contributed by atoms with E-state index >= 15 is 0 Å². The van der Waals surface area contributed by atoms with Crippen LogP contribution in [0.4, 0.5) is 0 Å². The molecule has 1 N–H and O–H groups in total. The molecule has 1 aliphatic heterocycles. The Labute approximate surface area is 107 Å². The molecule has 0 saturated carbocycles. The minimum atomic E-state index is -0.559. The van der Waals surface area contributed by atoms with Crippen molar-refractivity contribution in [3.8, 4) is 5.75 Å². The molecular formula is C11H15Cl2NO2. The lowest BCUT2D eigenvalue weighted by atomic mass is 10.1. The molecular weight excluding hydrogens is 249 g/mol. The zero-order valence-corrected chi connectivity index (χ0v) is 11.1. The molecule has 0 spiro atoms. The van der Waals surface area contributed by atoms with Crippen molar-refractivity contribution in [2.75, 3.05) is 0 Å². The van der Waals surface area contributed by atoms with Crippen molar-refractivity contribution >= 4 is 11.6 Å². The second kappa shape index (κ2) is 4.78. The number of ether oxygens (including phenoxy) is 2. The van der Waals surface area contributed by atoms with Crippen LogP contribution in [-0.4, -0.2) is 5.79 Å². The maximum Gasteiger partial charge on any atom is 0.219 e. The van der Waals surface area contributed by atoms with Gasteiger partial charge in [-0.25, -0.2) is 4.98 Å². The highest BCUT2D eigenvalue weighted by Crippen LogP contribution is 2.34. The fourth-order valence-corrected chi connectivity index (χ4v) is 1.90. The molecule has 16 heavy (non-hydrogen) atoms. The van der Waals surface area contributed by atoms with Crippen LogP contribution in [0.25, 0.3) is 0 Å². The molecule has 0 fully saturated rings. The molecule has 0 saturated heterocycles. The first-order chi connectivity index (χ1) is 7.03. The second-order valence-electron chi connectivity index (χ2n) is 4.17. The average Bonchev–Trinajstić information content (AvgIpc) is 2.18. The molecule has 0 unspecified atom stereocenters. The monoisotopic (exact) mass is 263 g/mol. The number of nitrogens with one attached hydrogen (secondary N) is 1. The summed E-state index contributed by atoms with van der Waals surface area (Å²) in [5.41, 5.74) is 3.10. The molecule has 0 bridgehead atoms. The minimum absolute atomic E-state index is 0. The summed E-state index contributed by atoms with van der Waals surface area (Å²) < 4.78 is 11.4. The van der Waals surface area contributed by atoms with Crippen LogP contribution in [0, 0.1) is 6.92 Å². The molecule has 0 aliphatic carbocycles. The maximum atomic E-state index is 5.86. The fraction of sp³-hybridized carbons (Fsp3) is 0.545. The second-order valence-corrected chi connectivity index (χ2v) is 4.44. The van der Waals surface area contributed by atoms with E-state index in [4.69, 9.17) is 21.1 Å². The van der Waals surface area contributed by atoms with Crippen molar-refractivity contribution in [3.05, 3.63) is 23.0 Å². The number of H-pyrrole nitrogens is 1. The molecule has 0 amide bonds. The fourth-order valence-electron chi connectivity index (χ4n) is 1.66. The molecule has 0 radical (unpaired) electrons. The summed E-state index contributed by atoms with van der Waals surface area (Å²) in [4.78, 5) is 3.15. The van der Waals surface area contributed by atoms with Gasteiger partial charge in [-0.2, -0.15) is 0 Å². The molecule has 1 aromatic rings. The van der Waals surface area contributed by atoms with Crippen molar-refractivity contribution < 1.29 is 26.9 Å². The van der Waals surface area contributed by atoms with Crippen LogP contribution in [0.15, 0.2) is 6.20 Å². The van der Waals surface area contributed by atoms with Crippen molar-refractivity contribution in [1.82, 2.24) is 0 Å². The zero-order valence-electron chi connectivity index (χ0n) is 9.56. The lowest BCUT2D eigenvalue weighted by Gasteiger charge is -2.32. The van der Waals surface area contributed by atoms with Gasteiger partial charge >= 0.3 is 0 Å². The van der Waals surface area contributed by atoms with E-state index in [9.17, 15) is 0 Å². The summed E-state index contributed by atoms with van der Waals surface area (Å²) in [5, 5.41) is 0. The summed E-state index contributed by atoms with van der Waals surface area (Å²) >= 11 is 5.86. The summed E-state index contributed by atoms with van der Waals surface area (Å²) in [6.45, 7) is 6.35. The highest BCUT2D eigenvalue weighted by Gasteiger charge is 2.32. The lowest BCUT2D eigenvalue weighted by molar-refractivity contribution is -0.391. The van der Waals surface area contributed by atoms with Gasteiger partial charge in [-0.3, -0.25) is 0 Å². The number of alkyl halides is 1. The van der Waals surface area contributed by atoms with Crippen molar-refractivity contribution in [2.45, 2.75) is 39.0 Å². The summed E-state index contributed by atoms with van der Waals surface area (Å²) in [6.07, 6.45) is 1.91. The highest BCUT2D eigenvalue weighted by atomic mass is 35.5. The number of aromatic amines is 1. The number of aryl methyl sites for hydroxylation is 1. The first kappa shape index (κ1) is 13.6. The molecule has 2 rings (SSSR count). The van der Waals surface area contributed by atoms with Gasteiger partial charge in [0.1, 0.15) is 0 Å². The van der Waals surface area contributed by atoms with Crippen molar-refractivity contribution in [2.24, 2.45) is 0 Å². The quantitative estimate of drug-likeness (QED) is 0.622. The number of pyridine rings is 1. The van der Waals surface area contributed by atoms with Crippen LogP contribution in [0.3, 0.4) is 0 Å². The third-order valence-electron chi connectivity index (χ3n) is 2.52. The standard InChI is InChI=1S/C11H14ClNO2.ClH/c1-7-10-9(8(4-12)5-13-7)6-14-11(2,3)15-10;/h5H,4,6H2,1-3H3;1H. The lowest BCUT2D eigenvalue weighted by Crippen LogP contribution is -3.00. The van der Waals surface area contributed by atoms with E-state index in [0.717, 1.165) is 22.6 Å². The predicted molar refractivity (Wildman–Crippen MR) is 56.8 cm³/mol. The SMILES string of the molecule is Cc1[nH+]cc(CCl)c2c1OC(C)(C)OC2.[Cl-]. The summed E-state index contributed by atoms with van der Waals surface area (Å²) in [7, 11) is 0. The van der Waals surface area contributed by atoms with Gasteiger partial charge in [0.2, 0.25) is 11.5 Å². The Morgan fingerprint density at radius 2 is 2.19 bits per heavy atom. The molecule has 1 aromatic heterocycles. The van der Waals surface area contributed by atoms with Crippen LogP contribution < -0.4 is 22.1 Å². The molecule has 1 aliphatic rings. The number of halogens is 2. The van der Waals surface area contributed by atoms with Crippen molar-refractivity contribution in [1.29, 1.82) is 0 Å². The van der Waals surface area contributed by atoms with Crippen LogP contribution in [0.2, 0.25) is 0 Å². The molecule has 3 nitrogen and oxygen atoms in total. The molecule has 0 atom stereocenters. The van der Waals surface area contributed by atoms with Gasteiger partial charge in [0.15, 0.2) is 11.9 Å². The first-order valence-corrected chi connectivity index (χ1v) is 5.49. The Balaban J connectivity index is 0.00000128. The summed E-state index contributed by atoms with van der Waals surface area (Å²) in [6, 6.07) is 0. The van der Waals surface area contributed by atoms with E-state index in [1.165, 1.54) is 0 Å². The third-order valence-corrected chi connectivity index (χ3v) is 2.81. The van der Waals surface area contributed by atoms with E-state index < -0.39 is 5.79 Å². The Kier molecular flexibility index (Phi) is 4.05. The number of hydrogen-bond donors (Lipinski definition) is 0. The Morgan fingerprint density at radius 3 is 2.81 bits per heavy atom. The van der Waals surface area contributed by atoms with Gasteiger partial charge in [-0.1, -0.05) is 0 Å². The number of rotatable bonds is 1. The largest absolute Gasteiger partial charge is 1.00 e. The molecule has 2 heterocycles. The molecule has 90 valence electrons. The van der Waals surface area contributed by atoms with Crippen molar-refractivity contribution in [3.63, 3.8) is 0 Å². The van der Waals surface area contributed by atoms with Gasteiger partial charge in [0.05, 0.1) is 12.5 Å². The minimum Gasteiger partial charge on any atom is -1.00 e. The van der Waals surface area contributed by atoms with Gasteiger partial charge in [0.25, 0.3) is 0 Å². The highest BCUT2D eigenvalue weighted by molar-refractivity contribution is 6.17. The van der Waals surface area contributed by atoms with E-state index in [1.54, 1.807) is 0 Å². The molecule has 0 aromatic carbocycles. The van der Waals surface area contributed by atoms with E-state index in [-0.39, 0.29) is 12.4 Å².